The van der Waals surface area contributed by atoms with E-state index < -0.39 is 63.5 Å². The first-order valence-corrected chi connectivity index (χ1v) is 23.4. The molecule has 0 aliphatic carbocycles. The number of amides is 4. The Morgan fingerprint density at radius 2 is 1.52 bits per heavy atom. The molecule has 0 bridgehead atoms. The molecular formula is C42H59ClF2N8O11S. The molecule has 0 radical (unpaired) electrons. The van der Waals surface area contributed by atoms with Gasteiger partial charge >= 0.3 is 18.3 Å². The molecule has 6 rings (SSSR count). The van der Waals surface area contributed by atoms with E-state index in [2.05, 4.69) is 15.6 Å². The Morgan fingerprint density at radius 1 is 0.923 bits per heavy atom. The fourth-order valence-corrected chi connectivity index (χ4v) is 9.66. The highest BCUT2D eigenvalue weighted by atomic mass is 35.5. The number of sulfonamides is 1. The minimum atomic E-state index is -4.03. The van der Waals surface area contributed by atoms with Crippen LogP contribution in [0.15, 0.2) is 35.2 Å². The van der Waals surface area contributed by atoms with Crippen LogP contribution in [-0.4, -0.2) is 165 Å². The van der Waals surface area contributed by atoms with E-state index >= 15 is 8.78 Å². The summed E-state index contributed by atoms with van der Waals surface area (Å²) in [7, 11) is -4.03. The third kappa shape index (κ3) is 12.4. The molecule has 4 aliphatic rings. The molecule has 3 saturated heterocycles. The number of pyridine rings is 1. The van der Waals surface area contributed by atoms with Crippen LogP contribution in [-0.2, 0) is 35.0 Å². The van der Waals surface area contributed by atoms with Crippen LogP contribution in [0, 0.1) is 5.92 Å². The highest BCUT2D eigenvalue weighted by Crippen LogP contribution is 2.44. The first-order chi connectivity index (χ1) is 30.4. The zero-order chi connectivity index (χ0) is 47.5. The number of fused-ring (bicyclic) bond motifs is 3. The van der Waals surface area contributed by atoms with E-state index in [0.29, 0.717) is 5.69 Å². The number of likely N-dealkylation sites (tertiary alicyclic amines) is 1. The molecule has 3 N–H and O–H groups in total. The lowest BCUT2D eigenvalue weighted by Gasteiger charge is -2.38. The number of aromatic nitrogens is 1. The fraction of sp³-hybridized carbons (Fsp3) is 0.643. The van der Waals surface area contributed by atoms with Gasteiger partial charge in [0.2, 0.25) is 15.9 Å². The van der Waals surface area contributed by atoms with Gasteiger partial charge in [0.1, 0.15) is 40.6 Å². The first-order valence-electron chi connectivity index (χ1n) is 21.6. The second-order valence-electron chi connectivity index (χ2n) is 18.3. The number of cyclic esters (lactones) is 1. The highest BCUT2D eigenvalue weighted by molar-refractivity contribution is 7.89. The zero-order valence-electron chi connectivity index (χ0n) is 37.5. The maximum Gasteiger partial charge on any atom is 0.415 e. The largest absolute Gasteiger partial charge is 0.489 e. The number of hydrogen-bond acceptors (Lipinski definition) is 14. The number of nitrogens with one attached hydrogen (secondary N) is 2. The lowest BCUT2D eigenvalue weighted by molar-refractivity contribution is -0.138. The number of aliphatic hydroxyl groups excluding tert-OH is 1. The molecule has 65 heavy (non-hydrogen) atoms. The number of piperidine rings is 1. The van der Waals surface area contributed by atoms with Crippen molar-refractivity contribution in [3.63, 3.8) is 0 Å². The van der Waals surface area contributed by atoms with Crippen LogP contribution in [0.25, 0.3) is 0 Å². The molecule has 4 aliphatic heterocycles. The summed E-state index contributed by atoms with van der Waals surface area (Å²) in [6.07, 6.45) is -2.66. The number of hydrogen-bond donors (Lipinski definition) is 3. The number of alkyl halides is 2. The van der Waals surface area contributed by atoms with Crippen LogP contribution in [0.4, 0.5) is 34.7 Å². The van der Waals surface area contributed by atoms with Gasteiger partial charge in [0.05, 0.1) is 23.7 Å². The minimum absolute atomic E-state index is 0.00452. The van der Waals surface area contributed by atoms with Crippen LogP contribution < -0.4 is 25.2 Å². The van der Waals surface area contributed by atoms with Crippen molar-refractivity contribution in [3.05, 3.63) is 41.0 Å². The lowest BCUT2D eigenvalue weighted by atomic mass is 9.86. The Bertz CT molecular complexity index is 2140. The summed E-state index contributed by atoms with van der Waals surface area (Å²) in [5, 5.41) is 14.8. The van der Waals surface area contributed by atoms with Crippen molar-refractivity contribution in [1.82, 2.24) is 29.7 Å². The van der Waals surface area contributed by atoms with Crippen molar-refractivity contribution in [1.29, 1.82) is 0 Å². The molecule has 23 heteroatoms. The number of aliphatic hydroxyl groups is 1. The van der Waals surface area contributed by atoms with Crippen molar-refractivity contribution in [2.75, 3.05) is 95.0 Å². The molecular weight excluding hydrogens is 898 g/mol. The highest BCUT2D eigenvalue weighted by Gasteiger charge is 2.47. The summed E-state index contributed by atoms with van der Waals surface area (Å²) in [4.78, 5) is 61.1. The minimum Gasteiger partial charge on any atom is -0.489 e. The van der Waals surface area contributed by atoms with Crippen LogP contribution >= 0.6 is 11.6 Å². The second-order valence-corrected chi connectivity index (χ2v) is 20.6. The Hall–Kier alpha value is -4.77. The molecule has 0 saturated carbocycles. The third-order valence-electron chi connectivity index (χ3n) is 11.3. The predicted molar refractivity (Wildman–Crippen MR) is 234 cm³/mol. The number of rotatable bonds is 14. The van der Waals surface area contributed by atoms with Crippen molar-refractivity contribution < 1.29 is 60.4 Å². The molecule has 2 aromatic rings. The normalized spacial score (nSPS) is 19.9. The average molecular weight is 957 g/mol. The van der Waals surface area contributed by atoms with Gasteiger partial charge in [0.15, 0.2) is 6.10 Å². The third-order valence-corrected chi connectivity index (χ3v) is 13.4. The van der Waals surface area contributed by atoms with Gasteiger partial charge in [-0.3, -0.25) is 14.6 Å². The number of carbonyl (C=O) groups excluding carboxylic acids is 4. The molecule has 1 aromatic carbocycles. The summed E-state index contributed by atoms with van der Waals surface area (Å²) >= 11 is 6.34. The zero-order valence-corrected chi connectivity index (χ0v) is 39.1. The molecule has 360 valence electrons. The van der Waals surface area contributed by atoms with Crippen molar-refractivity contribution in [3.8, 4) is 5.75 Å². The van der Waals surface area contributed by atoms with E-state index in [9.17, 15) is 32.7 Å². The first kappa shape index (κ1) is 49.7. The van der Waals surface area contributed by atoms with Gasteiger partial charge in [-0.1, -0.05) is 11.6 Å². The maximum absolute atomic E-state index is 16.3. The number of nitrogens with zero attached hydrogens (tertiary/aromatic N) is 6. The quantitative estimate of drug-likeness (QED) is 0.181. The predicted octanol–water partition coefficient (Wildman–Crippen LogP) is 4.01. The van der Waals surface area contributed by atoms with E-state index in [1.54, 1.807) is 51.3 Å². The molecule has 0 spiro atoms. The molecule has 2 atom stereocenters. The lowest BCUT2D eigenvalue weighted by Crippen LogP contribution is -2.49. The Kier molecular flexibility index (Phi) is 15.3. The summed E-state index contributed by atoms with van der Waals surface area (Å²) in [5.74, 6) is -4.39. The molecule has 19 nitrogen and oxygen atoms in total. The van der Waals surface area contributed by atoms with Crippen molar-refractivity contribution in [2.24, 2.45) is 5.92 Å². The average Bonchev–Trinajstić information content (AvgIpc) is 3.57. The van der Waals surface area contributed by atoms with Crippen molar-refractivity contribution >= 4 is 57.3 Å². The number of halogens is 3. The number of anilines is 2. The Morgan fingerprint density at radius 3 is 2.09 bits per heavy atom. The van der Waals surface area contributed by atoms with Gasteiger partial charge in [-0.05, 0) is 78.6 Å². The summed E-state index contributed by atoms with van der Waals surface area (Å²) in [6, 6.07) is 6.04. The van der Waals surface area contributed by atoms with E-state index in [-0.39, 0.29) is 131 Å². The molecule has 4 amide bonds. The van der Waals surface area contributed by atoms with Gasteiger partial charge in [0.25, 0.3) is 5.92 Å². The second kappa shape index (κ2) is 20.0. The van der Waals surface area contributed by atoms with Gasteiger partial charge in [-0.15, -0.1) is 0 Å². The van der Waals surface area contributed by atoms with E-state index in [1.807, 2.05) is 0 Å². The molecule has 3 fully saturated rings. The smallest absolute Gasteiger partial charge is 0.415 e. The van der Waals surface area contributed by atoms with Crippen LogP contribution in [0.2, 0.25) is 5.15 Å². The summed E-state index contributed by atoms with van der Waals surface area (Å²) < 4.78 is 83.1. The molecule has 0 unspecified atom stereocenters. The summed E-state index contributed by atoms with van der Waals surface area (Å²) in [5.41, 5.74) is -1.41. The molecule has 1 aromatic heterocycles. The van der Waals surface area contributed by atoms with Crippen molar-refractivity contribution in [2.45, 2.75) is 88.5 Å². The number of ether oxygens (including phenoxy) is 4. The monoisotopic (exact) mass is 956 g/mol. The number of alkyl carbamates (subject to hydrolysis) is 2. The maximum atomic E-state index is 16.3. The SMILES string of the molecule is CC(C)(C)OC(=O)NCCN(CCNC(=O)OC(C)(C)C)CC(=O)N1CCC(C(F)(F)c2cc(Cl)nc(N3CCN(S(=O)(=O)c4ccc5c(c4)OC[C@@H]4[C@H](CO)OC(=O)N54)CC3)c2)CC1. The van der Waals surface area contributed by atoms with E-state index in [1.165, 1.54) is 38.4 Å². The van der Waals surface area contributed by atoms with Crippen LogP contribution in [0.1, 0.15) is 59.9 Å². The fourth-order valence-electron chi connectivity index (χ4n) is 8.02. The Balaban J connectivity index is 1.03. The Labute approximate surface area is 382 Å². The molecule has 5 heterocycles. The van der Waals surface area contributed by atoms with E-state index in [4.69, 9.17) is 30.5 Å². The van der Waals surface area contributed by atoms with Gasteiger partial charge in [-0.25, -0.2) is 36.6 Å². The number of benzene rings is 1. The number of carbonyl (C=O) groups is 4. The van der Waals surface area contributed by atoms with Gasteiger partial charge in [-0.2, -0.15) is 4.31 Å². The van der Waals surface area contributed by atoms with Crippen LogP contribution in [0.5, 0.6) is 5.75 Å². The number of piperazine rings is 1. The topological polar surface area (TPSA) is 213 Å². The van der Waals surface area contributed by atoms with Gasteiger partial charge < -0.3 is 44.5 Å². The standard InChI is InChI=1S/C42H59ClF2N8O11S/c1-40(2,3)63-37(56)46-11-15-49(16-12-47-38(57)64-41(4,5)6)24-36(55)51-13-9-27(10-14-51)42(44,45)28-21-34(43)48-35(22-28)50-17-19-52(20-18-50)65(59,60)29-7-8-30-32(23-29)61-26-31-33(25-54)62-39(58)53(30)31/h7-8,21-23,27,31,33,54H,9-20,24-26H2,1-6H3,(H,46,56)(H,47,57)/t31-,33+/m1/s1. The summed E-state index contributed by atoms with van der Waals surface area (Å²) in [6.45, 7) is 11.2. The van der Waals surface area contributed by atoms with Crippen LogP contribution in [0.3, 0.4) is 0 Å². The van der Waals surface area contributed by atoms with E-state index in [0.717, 1.165) is 6.07 Å². The van der Waals surface area contributed by atoms with Gasteiger partial charge in [0, 0.05) is 83.0 Å².